The molecular weight excluding hydrogens is 437 g/mol. The van der Waals surface area contributed by atoms with Gasteiger partial charge >= 0.3 is 11.9 Å². The summed E-state index contributed by atoms with van der Waals surface area (Å²) < 4.78 is 13.1. The Balaban J connectivity index is 1.52. The number of para-hydroxylation sites is 1. The molecule has 5 rings (SSSR count). The summed E-state index contributed by atoms with van der Waals surface area (Å²) >= 11 is 12.4. The first-order chi connectivity index (χ1) is 14.9. The molecule has 158 valence electrons. The van der Waals surface area contributed by atoms with Gasteiger partial charge in [0.05, 0.1) is 0 Å². The lowest BCUT2D eigenvalue weighted by atomic mass is 10.1. The van der Waals surface area contributed by atoms with Gasteiger partial charge in [-0.1, -0.05) is 47.5 Å². The Hall–Kier alpha value is -2.76. The number of rotatable bonds is 3. The van der Waals surface area contributed by atoms with Crippen LogP contribution in [0.2, 0.25) is 10.0 Å². The van der Waals surface area contributed by atoms with Crippen LogP contribution in [-0.4, -0.2) is 22.3 Å². The Morgan fingerprint density at radius 2 is 1.71 bits per heavy atom. The van der Waals surface area contributed by atoms with Crippen molar-refractivity contribution in [3.05, 3.63) is 75.4 Å². The van der Waals surface area contributed by atoms with Crippen LogP contribution in [0.3, 0.4) is 0 Å². The summed E-state index contributed by atoms with van der Waals surface area (Å²) in [6.45, 7) is 0.512. The molecule has 7 heteroatoms. The summed E-state index contributed by atoms with van der Waals surface area (Å²) in [7, 11) is 0. The quantitative estimate of drug-likeness (QED) is 0.286. The summed E-state index contributed by atoms with van der Waals surface area (Å²) in [4.78, 5) is 25.3. The van der Waals surface area contributed by atoms with Crippen LogP contribution >= 0.6 is 23.2 Å². The highest BCUT2D eigenvalue weighted by atomic mass is 35.5. The summed E-state index contributed by atoms with van der Waals surface area (Å²) in [5.74, 6) is -2.34. The van der Waals surface area contributed by atoms with E-state index in [1.807, 2.05) is 41.1 Å². The fourth-order valence-corrected chi connectivity index (χ4v) is 4.77. The Bertz CT molecular complexity index is 1220. The summed E-state index contributed by atoms with van der Waals surface area (Å²) in [5.41, 5.74) is 2.49. The van der Waals surface area contributed by atoms with Crippen LogP contribution in [0, 0.1) is 0 Å². The van der Waals surface area contributed by atoms with E-state index in [4.69, 9.17) is 32.7 Å². The van der Waals surface area contributed by atoms with Gasteiger partial charge in [0.2, 0.25) is 0 Å². The number of nitrogens with zero attached hydrogens (tertiary/aromatic N) is 1. The second kappa shape index (κ2) is 7.74. The summed E-state index contributed by atoms with van der Waals surface area (Å²) in [5, 5.41) is 2.05. The van der Waals surface area contributed by atoms with Crippen LogP contribution < -0.4 is 0 Å². The van der Waals surface area contributed by atoms with Gasteiger partial charge in [-0.05, 0) is 42.7 Å². The van der Waals surface area contributed by atoms with Crippen LogP contribution in [0.15, 0.2) is 54.2 Å². The van der Waals surface area contributed by atoms with E-state index in [0.29, 0.717) is 29.4 Å². The molecule has 1 saturated heterocycles. The van der Waals surface area contributed by atoms with Gasteiger partial charge in [0, 0.05) is 52.1 Å². The molecule has 1 aliphatic heterocycles. The first kappa shape index (κ1) is 20.2. The number of halogens is 2. The number of carbonyl (C=O) groups is 2. The molecule has 1 spiro atoms. The summed E-state index contributed by atoms with van der Waals surface area (Å²) in [6, 6.07) is 13.2. The standard InChI is InChI=1S/C24H19Cl2NO4/c25-17-8-7-15(20(26)12-17)13-27-14-16(18-5-1-2-6-21(18)27)11-19-22(28)30-24(31-23(19)29)9-3-4-10-24/h1-2,5-8,11-12,14H,3-4,9-10,13H2. The van der Waals surface area contributed by atoms with Gasteiger partial charge in [0.1, 0.15) is 5.57 Å². The minimum atomic E-state index is -1.08. The number of benzene rings is 2. The van der Waals surface area contributed by atoms with Crippen molar-refractivity contribution < 1.29 is 19.1 Å². The first-order valence-corrected chi connectivity index (χ1v) is 10.9. The van der Waals surface area contributed by atoms with Crippen molar-refractivity contribution in [2.45, 2.75) is 38.0 Å². The molecule has 1 aromatic heterocycles. The monoisotopic (exact) mass is 455 g/mol. The van der Waals surface area contributed by atoms with Crippen LogP contribution in [0.25, 0.3) is 17.0 Å². The van der Waals surface area contributed by atoms with Gasteiger partial charge in [0.15, 0.2) is 0 Å². The topological polar surface area (TPSA) is 57.5 Å². The van der Waals surface area contributed by atoms with E-state index in [2.05, 4.69) is 0 Å². The van der Waals surface area contributed by atoms with Crippen molar-refractivity contribution in [1.29, 1.82) is 0 Å². The molecule has 2 aromatic carbocycles. The molecule has 1 saturated carbocycles. The van der Waals surface area contributed by atoms with E-state index < -0.39 is 17.7 Å². The van der Waals surface area contributed by atoms with Crippen molar-refractivity contribution in [1.82, 2.24) is 4.57 Å². The average Bonchev–Trinajstić information content (AvgIpc) is 3.32. The SMILES string of the molecule is O=C1OC2(CCCC2)OC(=O)C1=Cc1cn(Cc2ccc(Cl)cc2Cl)c2ccccc12. The van der Waals surface area contributed by atoms with E-state index >= 15 is 0 Å². The molecule has 0 amide bonds. The van der Waals surface area contributed by atoms with E-state index in [0.717, 1.165) is 34.9 Å². The Labute approximate surface area is 189 Å². The minimum Gasteiger partial charge on any atom is -0.419 e. The maximum atomic E-state index is 12.7. The lowest BCUT2D eigenvalue weighted by molar-refractivity contribution is -0.232. The molecule has 0 bridgehead atoms. The molecule has 5 nitrogen and oxygen atoms in total. The predicted molar refractivity (Wildman–Crippen MR) is 119 cm³/mol. The molecule has 0 unspecified atom stereocenters. The normalized spacial score (nSPS) is 17.8. The lowest BCUT2D eigenvalue weighted by Gasteiger charge is -2.32. The number of ether oxygens (including phenoxy) is 2. The third kappa shape index (κ3) is 3.73. The number of fused-ring (bicyclic) bond motifs is 1. The average molecular weight is 456 g/mol. The number of hydrogen-bond donors (Lipinski definition) is 0. The fraction of sp³-hybridized carbons (Fsp3) is 0.250. The van der Waals surface area contributed by atoms with Crippen molar-refractivity contribution in [2.24, 2.45) is 0 Å². The van der Waals surface area contributed by atoms with E-state index in [1.165, 1.54) is 0 Å². The molecule has 3 aromatic rings. The predicted octanol–water partition coefficient (Wildman–Crippen LogP) is 5.75. The van der Waals surface area contributed by atoms with E-state index in [1.54, 1.807) is 18.2 Å². The largest absolute Gasteiger partial charge is 0.419 e. The summed E-state index contributed by atoms with van der Waals surface area (Å²) in [6.07, 6.45) is 6.30. The first-order valence-electron chi connectivity index (χ1n) is 10.1. The van der Waals surface area contributed by atoms with Gasteiger partial charge in [-0.2, -0.15) is 0 Å². The maximum absolute atomic E-state index is 12.7. The van der Waals surface area contributed by atoms with Crippen molar-refractivity contribution in [2.75, 3.05) is 0 Å². The third-order valence-corrected chi connectivity index (χ3v) is 6.42. The van der Waals surface area contributed by atoms with Gasteiger partial charge in [-0.3, -0.25) is 0 Å². The molecule has 2 aliphatic rings. The Morgan fingerprint density at radius 3 is 2.42 bits per heavy atom. The molecule has 31 heavy (non-hydrogen) atoms. The molecule has 2 fully saturated rings. The fourth-order valence-electron chi connectivity index (χ4n) is 4.30. The minimum absolute atomic E-state index is 0.0926. The van der Waals surface area contributed by atoms with Crippen LogP contribution in [-0.2, 0) is 25.6 Å². The second-order valence-electron chi connectivity index (χ2n) is 7.92. The molecular formula is C24H19Cl2NO4. The van der Waals surface area contributed by atoms with Crippen molar-refractivity contribution >= 4 is 52.1 Å². The van der Waals surface area contributed by atoms with E-state index in [-0.39, 0.29) is 5.57 Å². The Morgan fingerprint density at radius 1 is 1.00 bits per heavy atom. The number of hydrogen-bond acceptors (Lipinski definition) is 4. The highest BCUT2D eigenvalue weighted by Crippen LogP contribution is 2.39. The van der Waals surface area contributed by atoms with Gasteiger partial charge in [-0.15, -0.1) is 0 Å². The number of carbonyl (C=O) groups excluding carboxylic acids is 2. The van der Waals surface area contributed by atoms with Crippen LogP contribution in [0.1, 0.15) is 36.8 Å². The zero-order valence-corrected chi connectivity index (χ0v) is 18.1. The van der Waals surface area contributed by atoms with Gasteiger partial charge in [-0.25, -0.2) is 9.59 Å². The lowest BCUT2D eigenvalue weighted by Crippen LogP contribution is -2.44. The molecule has 0 radical (unpaired) electrons. The van der Waals surface area contributed by atoms with Crippen molar-refractivity contribution in [3.63, 3.8) is 0 Å². The highest BCUT2D eigenvalue weighted by Gasteiger charge is 2.47. The van der Waals surface area contributed by atoms with E-state index in [9.17, 15) is 9.59 Å². The zero-order chi connectivity index (χ0) is 21.6. The molecule has 1 aliphatic carbocycles. The molecule has 0 N–H and O–H groups in total. The van der Waals surface area contributed by atoms with Gasteiger partial charge in [0.25, 0.3) is 5.79 Å². The van der Waals surface area contributed by atoms with Gasteiger partial charge < -0.3 is 14.0 Å². The van der Waals surface area contributed by atoms with Crippen LogP contribution in [0.5, 0.6) is 0 Å². The second-order valence-corrected chi connectivity index (χ2v) is 8.76. The number of esters is 2. The zero-order valence-electron chi connectivity index (χ0n) is 16.6. The smallest absolute Gasteiger partial charge is 0.348 e. The maximum Gasteiger partial charge on any atom is 0.348 e. The molecule has 0 atom stereocenters. The third-order valence-electron chi connectivity index (χ3n) is 5.84. The van der Waals surface area contributed by atoms with Crippen molar-refractivity contribution in [3.8, 4) is 0 Å². The highest BCUT2D eigenvalue weighted by molar-refractivity contribution is 6.35. The molecule has 2 heterocycles. The van der Waals surface area contributed by atoms with Crippen LogP contribution in [0.4, 0.5) is 0 Å². The number of aromatic nitrogens is 1. The Kier molecular flexibility index (Phi) is 5.03.